The number of fused-ring (bicyclic) bond motifs is 1. The summed E-state index contributed by atoms with van der Waals surface area (Å²) in [6.45, 7) is 0. The number of rotatable bonds is 2. The molecule has 0 saturated carbocycles. The first kappa shape index (κ1) is 11.2. The van der Waals surface area contributed by atoms with Gasteiger partial charge >= 0.3 is 0 Å². The molecule has 7 heteroatoms. The smallest absolute Gasteiger partial charge is 0.230 e. The summed E-state index contributed by atoms with van der Waals surface area (Å²) >= 11 is 7.41. The van der Waals surface area contributed by atoms with Gasteiger partial charge in [-0.2, -0.15) is 4.98 Å². The van der Waals surface area contributed by atoms with E-state index in [2.05, 4.69) is 20.3 Å². The number of benzene rings is 1. The van der Waals surface area contributed by atoms with E-state index in [1.54, 1.807) is 12.3 Å². The van der Waals surface area contributed by atoms with E-state index in [9.17, 15) is 0 Å². The third-order valence-electron chi connectivity index (χ3n) is 2.25. The second kappa shape index (κ2) is 4.40. The highest BCUT2D eigenvalue weighted by Gasteiger charge is 2.06. The maximum atomic E-state index is 5.93. The number of nitrogens with zero attached hydrogens (tertiary/aromatic N) is 3. The van der Waals surface area contributed by atoms with Crippen LogP contribution in [0.3, 0.4) is 0 Å². The van der Waals surface area contributed by atoms with Gasteiger partial charge in [-0.05, 0) is 24.3 Å². The Balaban J connectivity index is 1.95. The Hall–Kier alpha value is -1.92. The number of nitrogen functional groups attached to an aromatic ring is 1. The largest absolute Gasteiger partial charge is 0.384 e. The predicted molar refractivity (Wildman–Crippen MR) is 74.4 cm³/mol. The summed E-state index contributed by atoms with van der Waals surface area (Å²) in [6.07, 6.45) is 1.59. The van der Waals surface area contributed by atoms with Gasteiger partial charge in [0, 0.05) is 11.2 Å². The van der Waals surface area contributed by atoms with Crippen molar-refractivity contribution in [3.8, 4) is 0 Å². The molecular weight excluding hydrogens is 270 g/mol. The van der Waals surface area contributed by atoms with Crippen LogP contribution < -0.4 is 11.1 Å². The summed E-state index contributed by atoms with van der Waals surface area (Å²) in [4.78, 5) is 12.5. The second-order valence-electron chi connectivity index (χ2n) is 3.56. The first-order valence-electron chi connectivity index (χ1n) is 5.12. The summed E-state index contributed by atoms with van der Waals surface area (Å²) in [6, 6.07) is 7.19. The van der Waals surface area contributed by atoms with E-state index in [0.29, 0.717) is 21.9 Å². The van der Waals surface area contributed by atoms with Crippen LogP contribution >= 0.6 is 22.9 Å². The van der Waals surface area contributed by atoms with Crippen molar-refractivity contribution >= 4 is 50.1 Å². The lowest BCUT2D eigenvalue weighted by atomic mass is 10.3. The highest BCUT2D eigenvalue weighted by molar-refractivity contribution is 7.22. The van der Waals surface area contributed by atoms with Crippen molar-refractivity contribution < 1.29 is 0 Å². The van der Waals surface area contributed by atoms with E-state index in [1.807, 2.05) is 18.2 Å². The molecule has 0 aliphatic carbocycles. The summed E-state index contributed by atoms with van der Waals surface area (Å²) in [5.74, 6) is 0.844. The molecule has 5 nitrogen and oxygen atoms in total. The second-order valence-corrected chi connectivity index (χ2v) is 5.03. The van der Waals surface area contributed by atoms with E-state index in [1.165, 1.54) is 11.3 Å². The quantitative estimate of drug-likeness (QED) is 0.753. The molecule has 0 saturated heterocycles. The normalized spacial score (nSPS) is 10.7. The summed E-state index contributed by atoms with van der Waals surface area (Å²) < 4.78 is 1.01. The van der Waals surface area contributed by atoms with Crippen LogP contribution in [0.2, 0.25) is 5.02 Å². The molecule has 0 aliphatic heterocycles. The Bertz CT molecular complexity index is 711. The zero-order chi connectivity index (χ0) is 12.5. The molecule has 2 aromatic heterocycles. The third-order valence-corrected chi connectivity index (χ3v) is 3.42. The molecule has 0 bridgehead atoms. The van der Waals surface area contributed by atoms with Gasteiger partial charge in [-0.1, -0.05) is 22.9 Å². The number of aromatic nitrogens is 3. The Labute approximate surface area is 112 Å². The summed E-state index contributed by atoms with van der Waals surface area (Å²) in [5, 5.41) is 4.41. The monoisotopic (exact) mass is 277 g/mol. The average Bonchev–Trinajstić information content (AvgIpc) is 2.70. The molecule has 0 amide bonds. The van der Waals surface area contributed by atoms with Crippen molar-refractivity contribution in [3.05, 3.63) is 35.5 Å². The lowest BCUT2D eigenvalue weighted by Gasteiger charge is -1.99. The van der Waals surface area contributed by atoms with E-state index < -0.39 is 0 Å². The van der Waals surface area contributed by atoms with Crippen molar-refractivity contribution in [3.63, 3.8) is 0 Å². The summed E-state index contributed by atoms with van der Waals surface area (Å²) in [7, 11) is 0. The fourth-order valence-electron chi connectivity index (χ4n) is 1.48. The Kier molecular flexibility index (Phi) is 2.73. The number of hydrogen-bond acceptors (Lipinski definition) is 6. The minimum absolute atomic E-state index is 0.414. The SMILES string of the molecule is Nc1ccnc(Nc2nc3ccc(Cl)cc3s2)n1. The van der Waals surface area contributed by atoms with Crippen molar-refractivity contribution in [2.24, 2.45) is 0 Å². The number of halogens is 1. The van der Waals surface area contributed by atoms with Gasteiger partial charge in [0.25, 0.3) is 0 Å². The van der Waals surface area contributed by atoms with E-state index >= 15 is 0 Å². The third kappa shape index (κ3) is 2.20. The topological polar surface area (TPSA) is 76.7 Å². The van der Waals surface area contributed by atoms with Crippen LogP contribution in [0.4, 0.5) is 16.9 Å². The molecule has 0 radical (unpaired) electrons. The van der Waals surface area contributed by atoms with E-state index in [4.69, 9.17) is 17.3 Å². The van der Waals surface area contributed by atoms with Crippen molar-refractivity contribution in [2.75, 3.05) is 11.1 Å². The standard InChI is InChI=1S/C11H8ClN5S/c12-6-1-2-7-8(5-6)18-11(15-7)17-10-14-4-3-9(13)16-10/h1-5H,(H3,13,14,15,16,17). The molecule has 0 atom stereocenters. The van der Waals surface area contributed by atoms with Gasteiger partial charge in [0.05, 0.1) is 10.2 Å². The first-order chi connectivity index (χ1) is 8.70. The van der Waals surface area contributed by atoms with Gasteiger partial charge in [0.15, 0.2) is 5.13 Å². The molecule has 3 N–H and O–H groups in total. The number of nitrogens with one attached hydrogen (secondary N) is 1. The Morgan fingerprint density at radius 3 is 2.94 bits per heavy atom. The number of nitrogens with two attached hydrogens (primary N) is 1. The van der Waals surface area contributed by atoms with Gasteiger partial charge < -0.3 is 5.73 Å². The van der Waals surface area contributed by atoms with Crippen LogP contribution in [-0.2, 0) is 0 Å². The highest BCUT2D eigenvalue weighted by atomic mass is 35.5. The molecular formula is C11H8ClN5S. The van der Waals surface area contributed by atoms with Crippen molar-refractivity contribution in [1.82, 2.24) is 15.0 Å². The lowest BCUT2D eigenvalue weighted by Crippen LogP contribution is -1.98. The fraction of sp³-hybridized carbons (Fsp3) is 0. The van der Waals surface area contributed by atoms with Gasteiger partial charge in [-0.15, -0.1) is 0 Å². The van der Waals surface area contributed by atoms with E-state index in [-0.39, 0.29) is 0 Å². The van der Waals surface area contributed by atoms with Gasteiger partial charge in [-0.3, -0.25) is 5.32 Å². The fourth-order valence-corrected chi connectivity index (χ4v) is 2.62. The molecule has 0 aliphatic rings. The molecule has 18 heavy (non-hydrogen) atoms. The van der Waals surface area contributed by atoms with Crippen LogP contribution in [0.5, 0.6) is 0 Å². The molecule has 0 unspecified atom stereocenters. The van der Waals surface area contributed by atoms with Gasteiger partial charge in [0.2, 0.25) is 5.95 Å². The molecule has 2 heterocycles. The minimum Gasteiger partial charge on any atom is -0.384 e. The average molecular weight is 278 g/mol. The Morgan fingerprint density at radius 1 is 1.22 bits per heavy atom. The van der Waals surface area contributed by atoms with Gasteiger partial charge in [-0.25, -0.2) is 9.97 Å². The number of thiazole rings is 1. The van der Waals surface area contributed by atoms with Crippen LogP contribution in [0.25, 0.3) is 10.2 Å². The van der Waals surface area contributed by atoms with Crippen LogP contribution in [0, 0.1) is 0 Å². The molecule has 3 aromatic rings. The molecule has 0 spiro atoms. The lowest BCUT2D eigenvalue weighted by molar-refractivity contribution is 1.17. The molecule has 3 rings (SSSR count). The predicted octanol–water partition coefficient (Wildman–Crippen LogP) is 3.07. The van der Waals surface area contributed by atoms with Crippen LogP contribution in [0.1, 0.15) is 0 Å². The Morgan fingerprint density at radius 2 is 2.11 bits per heavy atom. The number of anilines is 3. The van der Waals surface area contributed by atoms with Crippen molar-refractivity contribution in [2.45, 2.75) is 0 Å². The molecule has 0 fully saturated rings. The summed E-state index contributed by atoms with van der Waals surface area (Å²) in [5.41, 5.74) is 6.47. The van der Waals surface area contributed by atoms with Crippen LogP contribution in [-0.4, -0.2) is 15.0 Å². The molecule has 90 valence electrons. The van der Waals surface area contributed by atoms with Gasteiger partial charge in [0.1, 0.15) is 5.82 Å². The number of hydrogen-bond donors (Lipinski definition) is 2. The van der Waals surface area contributed by atoms with Crippen LogP contribution in [0.15, 0.2) is 30.5 Å². The maximum Gasteiger partial charge on any atom is 0.230 e. The van der Waals surface area contributed by atoms with E-state index in [0.717, 1.165) is 10.2 Å². The first-order valence-corrected chi connectivity index (χ1v) is 6.32. The highest BCUT2D eigenvalue weighted by Crippen LogP contribution is 2.29. The molecule has 1 aromatic carbocycles. The van der Waals surface area contributed by atoms with Crippen molar-refractivity contribution in [1.29, 1.82) is 0 Å². The zero-order valence-corrected chi connectivity index (χ0v) is 10.7. The zero-order valence-electron chi connectivity index (χ0n) is 9.09. The minimum atomic E-state index is 0.414. The maximum absolute atomic E-state index is 5.93.